The van der Waals surface area contributed by atoms with Crippen LogP contribution in [-0.4, -0.2) is 67.5 Å². The molecule has 3 rings (SSSR count). The van der Waals surface area contributed by atoms with Gasteiger partial charge >= 0.3 is 11.9 Å². The lowest BCUT2D eigenvalue weighted by molar-refractivity contribution is -0.227. The van der Waals surface area contributed by atoms with E-state index in [1.165, 1.54) is 13.8 Å². The van der Waals surface area contributed by atoms with Gasteiger partial charge in [0, 0.05) is 18.4 Å². The molecule has 0 aromatic rings. The zero-order valence-corrected chi connectivity index (χ0v) is 14.4. The minimum atomic E-state index is -2.25. The van der Waals surface area contributed by atoms with E-state index in [1.807, 2.05) is 0 Å². The molecule has 0 amide bonds. The Labute approximate surface area is 145 Å². The third-order valence-electron chi connectivity index (χ3n) is 6.19. The molecule has 2 aliphatic carbocycles. The second-order valence-corrected chi connectivity index (χ2v) is 7.82. The van der Waals surface area contributed by atoms with Gasteiger partial charge in [-0.05, 0) is 26.7 Å². The fourth-order valence-corrected chi connectivity index (χ4v) is 4.86. The molecular formula is C17H24O8. The van der Waals surface area contributed by atoms with E-state index < -0.39 is 58.9 Å². The summed E-state index contributed by atoms with van der Waals surface area (Å²) in [5, 5.41) is 44.1. The number of hydrogen-bond donors (Lipinski definition) is 4. The first kappa shape index (κ1) is 18.3. The predicted octanol–water partition coefficient (Wildman–Crippen LogP) is -0.967. The van der Waals surface area contributed by atoms with E-state index in [1.54, 1.807) is 0 Å². The highest BCUT2D eigenvalue weighted by Gasteiger charge is 2.76. The van der Waals surface area contributed by atoms with Gasteiger partial charge in [0.25, 0.3) is 0 Å². The molecule has 0 aromatic heterocycles. The van der Waals surface area contributed by atoms with Gasteiger partial charge in [-0.25, -0.2) is 4.79 Å². The van der Waals surface area contributed by atoms with Gasteiger partial charge in [-0.15, -0.1) is 0 Å². The van der Waals surface area contributed by atoms with Gasteiger partial charge < -0.3 is 29.9 Å². The van der Waals surface area contributed by atoms with E-state index in [0.29, 0.717) is 6.42 Å². The maximum absolute atomic E-state index is 12.0. The Kier molecular flexibility index (Phi) is 3.85. The summed E-state index contributed by atoms with van der Waals surface area (Å²) >= 11 is 0. The maximum atomic E-state index is 12.0. The van der Waals surface area contributed by atoms with Crippen molar-refractivity contribution >= 4 is 11.9 Å². The summed E-state index contributed by atoms with van der Waals surface area (Å²) in [5.41, 5.74) is -5.80. The van der Waals surface area contributed by atoms with Gasteiger partial charge in [-0.3, -0.25) is 4.79 Å². The lowest BCUT2D eigenvalue weighted by Crippen LogP contribution is -2.64. The number of carbonyl (C=O) groups excluding carboxylic acids is 2. The van der Waals surface area contributed by atoms with Crippen molar-refractivity contribution in [3.63, 3.8) is 0 Å². The van der Waals surface area contributed by atoms with E-state index in [0.717, 1.165) is 6.92 Å². The molecule has 3 aliphatic rings. The van der Waals surface area contributed by atoms with Crippen LogP contribution in [0, 0.1) is 11.8 Å². The molecule has 2 saturated carbocycles. The van der Waals surface area contributed by atoms with Crippen molar-refractivity contribution < 1.29 is 39.5 Å². The Morgan fingerprint density at radius 2 is 1.92 bits per heavy atom. The van der Waals surface area contributed by atoms with Crippen LogP contribution in [-0.2, 0) is 19.1 Å². The zero-order valence-electron chi connectivity index (χ0n) is 14.4. The van der Waals surface area contributed by atoms with Crippen LogP contribution in [0.2, 0.25) is 0 Å². The van der Waals surface area contributed by atoms with Crippen molar-refractivity contribution in [3.05, 3.63) is 12.2 Å². The lowest BCUT2D eigenvalue weighted by Gasteiger charge is -2.45. The lowest BCUT2D eigenvalue weighted by atomic mass is 9.70. The van der Waals surface area contributed by atoms with E-state index in [9.17, 15) is 30.0 Å². The molecule has 8 unspecified atom stereocenters. The first-order chi connectivity index (χ1) is 11.4. The van der Waals surface area contributed by atoms with Gasteiger partial charge in [-0.2, -0.15) is 0 Å². The molecular weight excluding hydrogens is 332 g/mol. The number of esters is 2. The van der Waals surface area contributed by atoms with Crippen LogP contribution in [0.25, 0.3) is 0 Å². The number of aliphatic hydroxyl groups excluding tert-OH is 1. The summed E-state index contributed by atoms with van der Waals surface area (Å²) in [6.07, 6.45) is -3.92. The van der Waals surface area contributed by atoms with Crippen LogP contribution in [0.3, 0.4) is 0 Å². The minimum Gasteiger partial charge on any atom is -0.458 e. The van der Waals surface area contributed by atoms with Crippen LogP contribution in [0.15, 0.2) is 12.2 Å². The highest BCUT2D eigenvalue weighted by Crippen LogP contribution is 2.58. The van der Waals surface area contributed by atoms with Crippen molar-refractivity contribution in [1.82, 2.24) is 0 Å². The monoisotopic (exact) mass is 356 g/mol. The Hall–Kier alpha value is -1.48. The largest absolute Gasteiger partial charge is 0.458 e. The van der Waals surface area contributed by atoms with Crippen molar-refractivity contribution in [2.45, 2.75) is 68.7 Å². The molecule has 0 bridgehead atoms. The quantitative estimate of drug-likeness (QED) is 0.348. The van der Waals surface area contributed by atoms with Crippen molar-refractivity contribution in [1.29, 1.82) is 0 Å². The maximum Gasteiger partial charge on any atom is 0.334 e. The Morgan fingerprint density at radius 3 is 2.48 bits per heavy atom. The van der Waals surface area contributed by atoms with E-state index in [2.05, 4.69) is 6.58 Å². The molecule has 25 heavy (non-hydrogen) atoms. The van der Waals surface area contributed by atoms with Crippen LogP contribution < -0.4 is 0 Å². The molecule has 0 radical (unpaired) electrons. The molecule has 0 spiro atoms. The molecule has 3 fully saturated rings. The predicted molar refractivity (Wildman–Crippen MR) is 83.0 cm³/mol. The number of aliphatic hydroxyl groups is 4. The molecule has 1 aliphatic heterocycles. The standard InChI is InChI=1S/C17H24O8/c1-7-9-5-6-15(3,21)17(23)11(10(9)25-14(7)20)16(4,22)13(12(17)19)24-8(2)18/h9-13,19,21-23H,1,5-6H2,2-4H3. The molecule has 1 saturated heterocycles. The first-order valence-corrected chi connectivity index (χ1v) is 8.28. The van der Waals surface area contributed by atoms with Gasteiger partial charge in [0.2, 0.25) is 0 Å². The number of hydrogen-bond acceptors (Lipinski definition) is 8. The van der Waals surface area contributed by atoms with E-state index >= 15 is 0 Å². The van der Waals surface area contributed by atoms with Gasteiger partial charge in [0.1, 0.15) is 23.4 Å². The average molecular weight is 356 g/mol. The molecule has 140 valence electrons. The Balaban J connectivity index is 2.17. The second kappa shape index (κ2) is 5.26. The molecule has 0 aromatic carbocycles. The third-order valence-corrected chi connectivity index (χ3v) is 6.19. The van der Waals surface area contributed by atoms with E-state index in [4.69, 9.17) is 9.47 Å². The van der Waals surface area contributed by atoms with Crippen molar-refractivity contribution in [3.8, 4) is 0 Å². The van der Waals surface area contributed by atoms with Crippen LogP contribution in [0.1, 0.15) is 33.6 Å². The smallest absolute Gasteiger partial charge is 0.334 e. The number of rotatable bonds is 1. The fraction of sp³-hybridized carbons (Fsp3) is 0.765. The highest BCUT2D eigenvalue weighted by atomic mass is 16.6. The topological polar surface area (TPSA) is 134 Å². The summed E-state index contributed by atoms with van der Waals surface area (Å²) in [6, 6.07) is 0. The minimum absolute atomic E-state index is 0.0385. The molecule has 8 nitrogen and oxygen atoms in total. The van der Waals surface area contributed by atoms with E-state index in [-0.39, 0.29) is 12.0 Å². The van der Waals surface area contributed by atoms with Crippen LogP contribution in [0.4, 0.5) is 0 Å². The third kappa shape index (κ3) is 2.21. The highest BCUT2D eigenvalue weighted by molar-refractivity contribution is 5.91. The van der Waals surface area contributed by atoms with Gasteiger partial charge in [0.05, 0.1) is 11.5 Å². The molecule has 1 heterocycles. The average Bonchev–Trinajstić information content (AvgIpc) is 2.78. The zero-order chi connectivity index (χ0) is 18.9. The van der Waals surface area contributed by atoms with Gasteiger partial charge in [0.15, 0.2) is 6.10 Å². The van der Waals surface area contributed by atoms with Crippen molar-refractivity contribution in [2.24, 2.45) is 11.8 Å². The molecule has 4 N–H and O–H groups in total. The van der Waals surface area contributed by atoms with Crippen LogP contribution in [0.5, 0.6) is 0 Å². The first-order valence-electron chi connectivity index (χ1n) is 8.28. The Morgan fingerprint density at radius 1 is 1.32 bits per heavy atom. The summed E-state index contributed by atoms with van der Waals surface area (Å²) < 4.78 is 10.4. The summed E-state index contributed by atoms with van der Waals surface area (Å²) in [7, 11) is 0. The summed E-state index contributed by atoms with van der Waals surface area (Å²) in [5.74, 6) is -3.19. The second-order valence-electron chi connectivity index (χ2n) is 7.82. The van der Waals surface area contributed by atoms with Crippen LogP contribution >= 0.6 is 0 Å². The SMILES string of the molecule is C=C1C(=O)OC2C1CCC(C)(O)C1(O)C(O)C(OC(C)=O)C(C)(O)C21. The number of ether oxygens (including phenoxy) is 2. The fourth-order valence-electron chi connectivity index (χ4n) is 4.86. The van der Waals surface area contributed by atoms with Crippen molar-refractivity contribution in [2.75, 3.05) is 0 Å². The summed E-state index contributed by atoms with van der Waals surface area (Å²) in [4.78, 5) is 23.4. The summed E-state index contributed by atoms with van der Waals surface area (Å²) in [6.45, 7) is 7.46. The molecule has 8 heteroatoms. The van der Waals surface area contributed by atoms with Gasteiger partial charge in [-0.1, -0.05) is 6.58 Å². The number of carbonyl (C=O) groups is 2. The Bertz CT molecular complexity index is 639. The normalized spacial score (nSPS) is 52.2. The molecule has 8 atom stereocenters. The number of fused-ring (bicyclic) bond motifs is 3.